The number of rotatable bonds is 1. The second-order valence-corrected chi connectivity index (χ2v) is 19.3. The molecule has 0 amide bonds. The maximum atomic E-state index is 7.15. The lowest BCUT2D eigenvalue weighted by Crippen LogP contribution is -2.79. The van der Waals surface area contributed by atoms with Crippen LogP contribution in [0, 0.1) is 35.5 Å². The summed E-state index contributed by atoms with van der Waals surface area (Å²) in [6.07, 6.45) is 18.8. The van der Waals surface area contributed by atoms with Crippen molar-refractivity contribution >= 4 is 18.1 Å². The lowest BCUT2D eigenvalue weighted by atomic mass is 9.21. The van der Waals surface area contributed by atoms with Crippen molar-refractivity contribution in [2.75, 3.05) is 0 Å². The molecule has 1 aromatic rings. The van der Waals surface area contributed by atoms with Crippen LogP contribution >= 0.6 is 0 Å². The summed E-state index contributed by atoms with van der Waals surface area (Å²) in [5.41, 5.74) is 3.50. The topological polar surface area (TPSA) is 28.1 Å². The minimum absolute atomic E-state index is 0.156. The Balaban J connectivity index is 1.19. The molecule has 10 rings (SSSR count). The fraction of sp³-hybridized carbons (Fsp3) is 0.829. The van der Waals surface area contributed by atoms with Crippen molar-refractivity contribution in [1.29, 1.82) is 0 Å². The molecule has 0 spiro atoms. The Hall–Kier alpha value is -1.49. The Bertz CT molecular complexity index is 1390. The Morgan fingerprint density at radius 1 is 0.783 bits per heavy atom. The highest BCUT2D eigenvalue weighted by Crippen LogP contribution is 2.65. The van der Waals surface area contributed by atoms with Crippen LogP contribution in [-0.2, 0) is 10.2 Å². The Morgan fingerprint density at radius 2 is 1.59 bits per heavy atom. The molecule has 5 heteroatoms. The van der Waals surface area contributed by atoms with Crippen molar-refractivity contribution in [3.63, 3.8) is 0 Å². The molecule has 5 saturated carbocycles. The fourth-order valence-corrected chi connectivity index (χ4v) is 14.7. The average Bonchev–Trinajstić information content (AvgIpc) is 3.62. The zero-order valence-electron chi connectivity index (χ0n) is 29.5. The van der Waals surface area contributed by atoms with Gasteiger partial charge in [0.25, 0.3) is 0 Å². The first-order valence-electron chi connectivity index (χ1n) is 20.2. The van der Waals surface area contributed by atoms with Gasteiger partial charge in [-0.3, -0.25) is 0 Å². The van der Waals surface area contributed by atoms with Gasteiger partial charge >= 0.3 is 0 Å². The monoisotopic (exact) mass is 621 g/mol. The minimum atomic E-state index is 0.156. The average molecular weight is 622 g/mol. The number of nitrogens with zero attached hydrogens (tertiary/aromatic N) is 3. The van der Waals surface area contributed by atoms with E-state index in [4.69, 9.17) is 9.73 Å². The maximum absolute atomic E-state index is 7.15. The number of ether oxygens (including phenoxy) is 1. The van der Waals surface area contributed by atoms with E-state index < -0.39 is 0 Å². The highest BCUT2D eigenvalue weighted by atomic mass is 16.5. The minimum Gasteiger partial charge on any atom is -0.374 e. The van der Waals surface area contributed by atoms with Gasteiger partial charge in [0.15, 0.2) is 12.7 Å². The van der Waals surface area contributed by atoms with Gasteiger partial charge in [-0.25, -0.2) is 4.99 Å². The van der Waals surface area contributed by atoms with E-state index in [1.165, 1.54) is 89.4 Å². The zero-order valence-corrected chi connectivity index (χ0v) is 29.5. The van der Waals surface area contributed by atoms with Crippen LogP contribution < -0.4 is 5.46 Å². The number of fused-ring (bicyclic) bond motifs is 11. The van der Waals surface area contributed by atoms with E-state index >= 15 is 0 Å². The van der Waals surface area contributed by atoms with Crippen molar-refractivity contribution in [2.45, 2.75) is 178 Å². The van der Waals surface area contributed by atoms with E-state index in [0.717, 1.165) is 35.4 Å². The molecule has 4 nitrogen and oxygen atoms in total. The van der Waals surface area contributed by atoms with Gasteiger partial charge in [-0.1, -0.05) is 96.5 Å². The van der Waals surface area contributed by atoms with Crippen LogP contribution in [0.2, 0.25) is 11.6 Å². The van der Waals surface area contributed by atoms with Crippen LogP contribution in [0.4, 0.5) is 0 Å². The van der Waals surface area contributed by atoms with E-state index in [-0.39, 0.29) is 5.41 Å². The molecule has 9 aliphatic rings. The molecule has 0 radical (unpaired) electrons. The summed E-state index contributed by atoms with van der Waals surface area (Å²) in [5, 5.41) is 0. The quantitative estimate of drug-likeness (QED) is 0.299. The predicted molar refractivity (Wildman–Crippen MR) is 189 cm³/mol. The Kier molecular flexibility index (Phi) is 6.72. The molecular formula is C41H60BN3O. The van der Waals surface area contributed by atoms with Crippen molar-refractivity contribution in [3.05, 3.63) is 29.8 Å². The second-order valence-electron chi connectivity index (χ2n) is 19.3. The van der Waals surface area contributed by atoms with E-state index in [2.05, 4.69) is 68.7 Å². The summed E-state index contributed by atoms with van der Waals surface area (Å²) in [6.45, 7) is 13.4. The summed E-state index contributed by atoms with van der Waals surface area (Å²) in [4.78, 5) is 12.2. The number of hydrogen-bond donors (Lipinski definition) is 0. The van der Waals surface area contributed by atoms with Gasteiger partial charge in [-0.05, 0) is 97.7 Å². The van der Waals surface area contributed by atoms with Crippen LogP contribution in [0.1, 0.15) is 124 Å². The van der Waals surface area contributed by atoms with E-state index in [0.29, 0.717) is 60.9 Å². The molecule has 248 valence electrons. The third-order valence-corrected chi connectivity index (χ3v) is 15.9. The van der Waals surface area contributed by atoms with Gasteiger partial charge in [-0.15, -0.1) is 0 Å². The fourth-order valence-electron chi connectivity index (χ4n) is 14.7. The first-order chi connectivity index (χ1) is 22.3. The summed E-state index contributed by atoms with van der Waals surface area (Å²) in [7, 11) is 0. The number of guanidine groups is 1. The first kappa shape index (κ1) is 29.4. The summed E-state index contributed by atoms with van der Waals surface area (Å²) >= 11 is 0. The van der Waals surface area contributed by atoms with Gasteiger partial charge < -0.3 is 14.5 Å². The van der Waals surface area contributed by atoms with E-state index in [1.54, 1.807) is 11.0 Å². The highest BCUT2D eigenvalue weighted by molar-refractivity contribution is 6.77. The van der Waals surface area contributed by atoms with E-state index in [1.807, 2.05) is 0 Å². The normalized spacial score (nSPS) is 48.8. The molecule has 3 saturated heterocycles. The first-order valence-corrected chi connectivity index (χ1v) is 20.2. The molecule has 15 unspecified atom stereocenters. The number of aliphatic imine (C=N–C) groups is 1. The molecule has 0 N–H and O–H groups in total. The number of benzene rings is 1. The molecule has 46 heavy (non-hydrogen) atoms. The third kappa shape index (κ3) is 4.05. The van der Waals surface area contributed by atoms with Gasteiger partial charge in [-0.2, -0.15) is 0 Å². The predicted octanol–water partition coefficient (Wildman–Crippen LogP) is 7.91. The highest BCUT2D eigenvalue weighted by Gasteiger charge is 2.69. The molecule has 5 aliphatic carbocycles. The smallest absolute Gasteiger partial charge is 0.198 e. The number of hydrogen-bond acceptors (Lipinski definition) is 4. The van der Waals surface area contributed by atoms with Crippen LogP contribution in [-0.4, -0.2) is 64.9 Å². The van der Waals surface area contributed by atoms with Crippen LogP contribution in [0.25, 0.3) is 0 Å². The van der Waals surface area contributed by atoms with Crippen molar-refractivity contribution in [2.24, 2.45) is 40.5 Å². The van der Waals surface area contributed by atoms with Gasteiger partial charge in [0.2, 0.25) is 0 Å². The summed E-state index contributed by atoms with van der Waals surface area (Å²) in [6, 6.07) is 13.0. The molecule has 0 aromatic heterocycles. The lowest BCUT2D eigenvalue weighted by molar-refractivity contribution is -0.0932. The van der Waals surface area contributed by atoms with Crippen LogP contribution in [0.5, 0.6) is 0 Å². The van der Waals surface area contributed by atoms with Crippen molar-refractivity contribution < 1.29 is 4.74 Å². The molecule has 4 aliphatic heterocycles. The van der Waals surface area contributed by atoms with Gasteiger partial charge in [0.1, 0.15) is 0 Å². The van der Waals surface area contributed by atoms with Crippen molar-refractivity contribution in [1.82, 2.24) is 9.80 Å². The summed E-state index contributed by atoms with van der Waals surface area (Å²) < 4.78 is 7.15. The molecule has 15 atom stereocenters. The standard InChI is InChI=1S/C41H60BN3O/c1-23-20-25-22-24(2)37-39-35(25)32(21-23)44-31-16-10-9-15-30(31)43-40(44)45(39)38-29(42(37)28-14-8-7-13-27(28)41(3,4)5)18-19-34-36(38)26-12-6-11-17-33(26)46-34/h7-8,13-14,23-26,29-39H,6,9-12,15-22H2,1-5H3. The maximum Gasteiger partial charge on any atom is 0.198 e. The zero-order chi connectivity index (χ0) is 31.1. The molecular weight excluding hydrogens is 561 g/mol. The molecule has 1 aromatic carbocycles. The SMILES string of the molecule is CC1CC2CC(C)C3B(c4ccccc4C(C)(C)C)C4CCC5OC6CCCCC6C5C4N4C5=NC6CCCCC6N5C(C1)C2C34. The van der Waals surface area contributed by atoms with Gasteiger partial charge in [0, 0.05) is 30.0 Å². The second kappa shape index (κ2) is 10.5. The lowest BCUT2D eigenvalue weighted by Gasteiger charge is -2.70. The summed E-state index contributed by atoms with van der Waals surface area (Å²) in [5.74, 6) is 7.61. The molecule has 0 bridgehead atoms. The molecule has 8 fully saturated rings. The Morgan fingerprint density at radius 3 is 2.46 bits per heavy atom. The molecule has 4 heterocycles. The largest absolute Gasteiger partial charge is 0.374 e. The third-order valence-electron chi connectivity index (χ3n) is 15.9. The van der Waals surface area contributed by atoms with Crippen LogP contribution in [0.15, 0.2) is 29.3 Å². The van der Waals surface area contributed by atoms with Gasteiger partial charge in [0.05, 0.1) is 24.3 Å². The van der Waals surface area contributed by atoms with E-state index in [9.17, 15) is 0 Å². The van der Waals surface area contributed by atoms with Crippen molar-refractivity contribution in [3.8, 4) is 0 Å². The Labute approximate surface area is 280 Å². The van der Waals surface area contributed by atoms with Crippen LogP contribution in [0.3, 0.4) is 0 Å².